The molecule has 0 spiro atoms. The van der Waals surface area contributed by atoms with Gasteiger partial charge in [-0.3, -0.25) is 9.59 Å². The molecule has 7 nitrogen and oxygen atoms in total. The number of rotatable bonds is 5. The molecule has 0 aliphatic carbocycles. The van der Waals surface area contributed by atoms with E-state index in [2.05, 4.69) is 0 Å². The van der Waals surface area contributed by atoms with Crippen LogP contribution in [0.3, 0.4) is 0 Å². The van der Waals surface area contributed by atoms with Gasteiger partial charge in [0.05, 0.1) is 19.8 Å². The van der Waals surface area contributed by atoms with Gasteiger partial charge in [-0.15, -0.1) is 11.3 Å². The molecule has 2 aromatic heterocycles. The van der Waals surface area contributed by atoms with Gasteiger partial charge in [-0.25, -0.2) is 0 Å². The van der Waals surface area contributed by atoms with Crippen molar-refractivity contribution in [1.29, 1.82) is 0 Å². The summed E-state index contributed by atoms with van der Waals surface area (Å²) in [7, 11) is 0. The molecule has 1 aliphatic rings. The molecule has 1 aromatic carbocycles. The van der Waals surface area contributed by atoms with Crippen molar-refractivity contribution in [1.82, 2.24) is 0 Å². The molecule has 1 aliphatic heterocycles. The number of aliphatic hydroxyl groups excluding tert-OH is 1. The lowest BCUT2D eigenvalue weighted by Crippen LogP contribution is -2.36. The fourth-order valence-electron chi connectivity index (χ4n) is 3.48. The van der Waals surface area contributed by atoms with Crippen molar-refractivity contribution in [3.63, 3.8) is 0 Å². The zero-order valence-corrected chi connectivity index (χ0v) is 16.9. The molecule has 8 heteroatoms. The van der Waals surface area contributed by atoms with E-state index in [1.54, 1.807) is 6.07 Å². The summed E-state index contributed by atoms with van der Waals surface area (Å²) in [5.41, 5.74) is 2.84. The maximum absolute atomic E-state index is 12.6. The van der Waals surface area contributed by atoms with Crippen LogP contribution in [0.2, 0.25) is 0 Å². The van der Waals surface area contributed by atoms with Crippen LogP contribution in [0.5, 0.6) is 0 Å². The van der Waals surface area contributed by atoms with Gasteiger partial charge in [0.15, 0.2) is 11.5 Å². The summed E-state index contributed by atoms with van der Waals surface area (Å²) in [6.07, 6.45) is 0. The number of thiophene rings is 1. The van der Waals surface area contributed by atoms with E-state index in [1.807, 2.05) is 34.5 Å². The number of aliphatic hydroxyl groups is 1. The van der Waals surface area contributed by atoms with Gasteiger partial charge in [-0.1, -0.05) is 12.1 Å². The molecule has 1 N–H and O–H groups in total. The maximum atomic E-state index is 12.6. The summed E-state index contributed by atoms with van der Waals surface area (Å²) in [5, 5.41) is 11.2. The van der Waals surface area contributed by atoms with Crippen molar-refractivity contribution < 1.29 is 19.1 Å². The van der Waals surface area contributed by atoms with E-state index in [0.717, 1.165) is 11.1 Å². The lowest BCUT2D eigenvalue weighted by Gasteiger charge is -2.27. The fraction of sp³-hybridized carbons (Fsp3) is 0.333. The maximum Gasteiger partial charge on any atom is 0.223 e. The summed E-state index contributed by atoms with van der Waals surface area (Å²) in [4.78, 5) is 28.1. The normalized spacial score (nSPS) is 14.3. The number of carbonyl (C=O) groups excluding carboxylic acids is 1. The van der Waals surface area contributed by atoms with E-state index in [-0.39, 0.29) is 24.5 Å². The minimum atomic E-state index is -0.146. The molecule has 0 unspecified atom stereocenters. The van der Waals surface area contributed by atoms with Crippen LogP contribution >= 0.6 is 11.3 Å². The Bertz CT molecular complexity index is 1080. The fourth-order valence-corrected chi connectivity index (χ4v) is 4.39. The first-order chi connectivity index (χ1) is 14.1. The number of morpholine rings is 1. The number of benzene rings is 1. The average Bonchev–Trinajstić information content (AvgIpc) is 3.17. The second-order valence-corrected chi connectivity index (χ2v) is 7.68. The highest BCUT2D eigenvalue weighted by Gasteiger charge is 2.19. The molecule has 1 saturated heterocycles. The number of carbonyl (C=O) groups is 1. The lowest BCUT2D eigenvalue weighted by molar-refractivity contribution is -0.116. The number of hydrogen-bond donors (Lipinski definition) is 1. The highest BCUT2D eigenvalue weighted by molar-refractivity contribution is 7.17. The van der Waals surface area contributed by atoms with Gasteiger partial charge >= 0.3 is 0 Å². The van der Waals surface area contributed by atoms with E-state index in [0.29, 0.717) is 48.2 Å². The third-order valence-corrected chi connectivity index (χ3v) is 5.90. The standard InChI is InChI=1S/C21H22N2O5S/c1-14(25)23(5-8-24)16-4-2-3-15(11-16)17-13-29-21-18(26)12-19(28-20(17)21)22-6-9-27-10-7-22/h2-4,11-13,24H,5-10H2,1H3. The molecule has 3 aromatic rings. The Balaban J connectivity index is 1.78. The zero-order chi connectivity index (χ0) is 20.4. The number of ether oxygens (including phenoxy) is 1. The SMILES string of the molecule is CC(=O)N(CCO)c1cccc(-c2csc3c(=O)cc(N4CCOCC4)oc23)c1. The van der Waals surface area contributed by atoms with Crippen LogP contribution in [0.15, 0.2) is 44.9 Å². The van der Waals surface area contributed by atoms with E-state index in [4.69, 9.17) is 9.15 Å². The summed E-state index contributed by atoms with van der Waals surface area (Å²) < 4.78 is 12.1. The van der Waals surface area contributed by atoms with E-state index in [1.165, 1.54) is 23.2 Å². The van der Waals surface area contributed by atoms with Crippen molar-refractivity contribution >= 4 is 39.1 Å². The van der Waals surface area contributed by atoms with Crippen molar-refractivity contribution in [2.45, 2.75) is 6.92 Å². The van der Waals surface area contributed by atoms with Crippen molar-refractivity contribution in [2.75, 3.05) is 49.3 Å². The van der Waals surface area contributed by atoms with Gasteiger partial charge < -0.3 is 24.1 Å². The molecule has 0 bridgehead atoms. The quantitative estimate of drug-likeness (QED) is 0.691. The highest BCUT2D eigenvalue weighted by atomic mass is 32.1. The summed E-state index contributed by atoms with van der Waals surface area (Å²) in [5.74, 6) is 0.403. The molecule has 1 amide bonds. The first kappa shape index (κ1) is 19.6. The third-order valence-electron chi connectivity index (χ3n) is 4.93. The van der Waals surface area contributed by atoms with Gasteiger partial charge in [-0.2, -0.15) is 0 Å². The van der Waals surface area contributed by atoms with Crippen LogP contribution in [0, 0.1) is 0 Å². The van der Waals surface area contributed by atoms with Crippen LogP contribution in [0.4, 0.5) is 11.6 Å². The summed E-state index contributed by atoms with van der Waals surface area (Å²) >= 11 is 1.35. The molecule has 152 valence electrons. The van der Waals surface area contributed by atoms with Crippen LogP contribution < -0.4 is 15.2 Å². The molecule has 29 heavy (non-hydrogen) atoms. The zero-order valence-electron chi connectivity index (χ0n) is 16.1. The van der Waals surface area contributed by atoms with Gasteiger partial charge in [0, 0.05) is 49.3 Å². The van der Waals surface area contributed by atoms with Gasteiger partial charge in [0.25, 0.3) is 0 Å². The lowest BCUT2D eigenvalue weighted by atomic mass is 10.1. The predicted octanol–water partition coefficient (Wildman–Crippen LogP) is 2.70. The molecule has 3 heterocycles. The van der Waals surface area contributed by atoms with Crippen LogP contribution in [0.1, 0.15) is 6.92 Å². The Hall–Kier alpha value is -2.68. The van der Waals surface area contributed by atoms with Crippen LogP contribution in [-0.2, 0) is 9.53 Å². The van der Waals surface area contributed by atoms with Crippen molar-refractivity contribution in [3.05, 3.63) is 45.9 Å². The van der Waals surface area contributed by atoms with Gasteiger partial charge in [-0.05, 0) is 17.7 Å². The summed E-state index contributed by atoms with van der Waals surface area (Å²) in [6.45, 7) is 4.13. The summed E-state index contributed by atoms with van der Waals surface area (Å²) in [6, 6.07) is 9.02. The minimum absolute atomic E-state index is 0.0641. The second kappa shape index (κ2) is 8.36. The van der Waals surface area contributed by atoms with E-state index in [9.17, 15) is 14.7 Å². The minimum Gasteiger partial charge on any atom is -0.439 e. The highest BCUT2D eigenvalue weighted by Crippen LogP contribution is 2.36. The average molecular weight is 414 g/mol. The number of hydrogen-bond acceptors (Lipinski definition) is 7. The van der Waals surface area contributed by atoms with Crippen molar-refractivity contribution in [2.24, 2.45) is 0 Å². The molecular weight excluding hydrogens is 392 g/mol. The Morgan fingerprint density at radius 2 is 2.07 bits per heavy atom. The number of anilines is 2. The van der Waals surface area contributed by atoms with E-state index < -0.39 is 0 Å². The van der Waals surface area contributed by atoms with Crippen LogP contribution in [-0.4, -0.2) is 50.5 Å². The van der Waals surface area contributed by atoms with E-state index >= 15 is 0 Å². The first-order valence-corrected chi connectivity index (χ1v) is 10.3. The first-order valence-electron chi connectivity index (χ1n) is 9.46. The predicted molar refractivity (Wildman–Crippen MR) is 114 cm³/mol. The number of nitrogens with zero attached hydrogens (tertiary/aromatic N) is 2. The smallest absolute Gasteiger partial charge is 0.223 e. The molecule has 0 radical (unpaired) electrons. The number of amides is 1. The Kier molecular flexibility index (Phi) is 5.66. The Morgan fingerprint density at radius 1 is 1.28 bits per heavy atom. The monoisotopic (exact) mass is 414 g/mol. The molecule has 4 rings (SSSR count). The van der Waals surface area contributed by atoms with Gasteiger partial charge in [0.1, 0.15) is 4.70 Å². The molecule has 0 saturated carbocycles. The number of fused-ring (bicyclic) bond motifs is 1. The molecule has 0 atom stereocenters. The van der Waals surface area contributed by atoms with Crippen molar-refractivity contribution in [3.8, 4) is 11.1 Å². The van der Waals surface area contributed by atoms with Crippen LogP contribution in [0.25, 0.3) is 21.4 Å². The molecular formula is C21H22N2O5S. The molecule has 1 fully saturated rings. The Labute approximate surface area is 171 Å². The third kappa shape index (κ3) is 3.91. The second-order valence-electron chi connectivity index (χ2n) is 6.80. The topological polar surface area (TPSA) is 83.2 Å². The van der Waals surface area contributed by atoms with Gasteiger partial charge in [0.2, 0.25) is 11.3 Å². The largest absolute Gasteiger partial charge is 0.439 e. The Morgan fingerprint density at radius 3 is 2.79 bits per heavy atom.